The van der Waals surface area contributed by atoms with E-state index in [-0.39, 0.29) is 5.69 Å². The van der Waals surface area contributed by atoms with Gasteiger partial charge in [-0.3, -0.25) is 5.10 Å². The van der Waals surface area contributed by atoms with Crippen molar-refractivity contribution in [3.63, 3.8) is 0 Å². The molecule has 0 bridgehead atoms. The Hall–Kier alpha value is -1.49. The maximum absolute atomic E-state index is 12.1. The standard InChI is InChI=1S/C9H15N3O6S/c1-5-7(6(8(15)16)11-10-5)19(17,18)12-9(2,3-13)4-14/h12-14H,3-4H2,1-2H3,(H,10,11)(H,15,16). The Labute approximate surface area is 109 Å². The molecule has 10 heteroatoms. The van der Waals surface area contributed by atoms with Crippen LogP contribution in [0.15, 0.2) is 4.90 Å². The van der Waals surface area contributed by atoms with Crippen molar-refractivity contribution in [2.75, 3.05) is 13.2 Å². The molecule has 0 fully saturated rings. The van der Waals surface area contributed by atoms with Gasteiger partial charge in [0.1, 0.15) is 4.90 Å². The largest absolute Gasteiger partial charge is 0.476 e. The number of aryl methyl sites for hydroxylation is 1. The SMILES string of the molecule is Cc1[nH]nc(C(=O)O)c1S(=O)(=O)NC(C)(CO)CO. The summed E-state index contributed by atoms with van der Waals surface area (Å²) in [4.78, 5) is 10.4. The molecule has 19 heavy (non-hydrogen) atoms. The number of rotatable bonds is 6. The average molecular weight is 293 g/mol. The van der Waals surface area contributed by atoms with Gasteiger partial charge in [0, 0.05) is 0 Å². The van der Waals surface area contributed by atoms with Gasteiger partial charge in [-0.1, -0.05) is 0 Å². The number of hydrogen-bond acceptors (Lipinski definition) is 6. The van der Waals surface area contributed by atoms with E-state index in [0.717, 1.165) is 0 Å². The number of aromatic carboxylic acids is 1. The Kier molecular flexibility index (Phi) is 4.30. The Bertz CT molecular complexity index is 575. The molecule has 5 N–H and O–H groups in total. The van der Waals surface area contributed by atoms with Crippen molar-refractivity contribution in [3.05, 3.63) is 11.4 Å². The Balaban J connectivity index is 3.29. The molecule has 0 amide bonds. The number of aromatic nitrogens is 2. The first-order valence-corrected chi connectivity index (χ1v) is 6.69. The van der Waals surface area contributed by atoms with Crippen LogP contribution in [0.5, 0.6) is 0 Å². The van der Waals surface area contributed by atoms with Gasteiger partial charge >= 0.3 is 5.97 Å². The fourth-order valence-corrected chi connectivity index (χ4v) is 3.10. The van der Waals surface area contributed by atoms with E-state index < -0.39 is 45.3 Å². The zero-order valence-corrected chi connectivity index (χ0v) is 11.2. The first-order valence-electron chi connectivity index (χ1n) is 5.21. The Morgan fingerprint density at radius 3 is 2.37 bits per heavy atom. The normalized spacial score (nSPS) is 12.6. The highest BCUT2D eigenvalue weighted by Crippen LogP contribution is 2.19. The van der Waals surface area contributed by atoms with Gasteiger partial charge in [-0.15, -0.1) is 0 Å². The van der Waals surface area contributed by atoms with Gasteiger partial charge < -0.3 is 15.3 Å². The van der Waals surface area contributed by atoms with E-state index in [1.807, 2.05) is 0 Å². The van der Waals surface area contributed by atoms with Crippen LogP contribution in [-0.4, -0.2) is 58.7 Å². The summed E-state index contributed by atoms with van der Waals surface area (Å²) in [5.41, 5.74) is -2.11. The highest BCUT2D eigenvalue weighted by atomic mass is 32.2. The predicted molar refractivity (Wildman–Crippen MR) is 63.2 cm³/mol. The van der Waals surface area contributed by atoms with E-state index in [0.29, 0.717) is 0 Å². The van der Waals surface area contributed by atoms with Crippen LogP contribution in [0.1, 0.15) is 23.1 Å². The lowest BCUT2D eigenvalue weighted by molar-refractivity contribution is 0.0686. The maximum atomic E-state index is 12.1. The Morgan fingerprint density at radius 1 is 1.42 bits per heavy atom. The number of carboxylic acids is 1. The van der Waals surface area contributed by atoms with Crippen LogP contribution >= 0.6 is 0 Å². The maximum Gasteiger partial charge on any atom is 0.357 e. The molecule has 0 spiro atoms. The fraction of sp³-hybridized carbons (Fsp3) is 0.556. The average Bonchev–Trinajstić information content (AvgIpc) is 2.71. The van der Waals surface area contributed by atoms with E-state index in [4.69, 9.17) is 15.3 Å². The van der Waals surface area contributed by atoms with Gasteiger partial charge in [0.25, 0.3) is 0 Å². The summed E-state index contributed by atoms with van der Waals surface area (Å²) in [6, 6.07) is 0. The zero-order valence-electron chi connectivity index (χ0n) is 10.3. The van der Waals surface area contributed by atoms with Crippen LogP contribution in [0.25, 0.3) is 0 Å². The first-order chi connectivity index (χ1) is 8.67. The molecule has 0 saturated carbocycles. The lowest BCUT2D eigenvalue weighted by atomic mass is 10.1. The zero-order chi connectivity index (χ0) is 14.8. The van der Waals surface area contributed by atoms with Crippen LogP contribution in [0.2, 0.25) is 0 Å². The molecule has 0 atom stereocenters. The molecule has 0 radical (unpaired) electrons. The van der Waals surface area contributed by atoms with Crippen LogP contribution in [0, 0.1) is 6.92 Å². The van der Waals surface area contributed by atoms with E-state index in [2.05, 4.69) is 14.9 Å². The molecule has 1 aromatic rings. The Morgan fingerprint density at radius 2 is 1.95 bits per heavy atom. The second kappa shape index (κ2) is 5.25. The molecule has 1 aromatic heterocycles. The van der Waals surface area contributed by atoms with Crippen molar-refractivity contribution in [3.8, 4) is 0 Å². The number of H-pyrrole nitrogens is 1. The number of nitrogens with zero attached hydrogens (tertiary/aromatic N) is 1. The summed E-state index contributed by atoms with van der Waals surface area (Å²) in [5, 5.41) is 32.7. The number of nitrogens with one attached hydrogen (secondary N) is 2. The number of hydrogen-bond donors (Lipinski definition) is 5. The second-order valence-corrected chi connectivity index (χ2v) is 5.93. The van der Waals surface area contributed by atoms with Crippen molar-refractivity contribution in [1.82, 2.24) is 14.9 Å². The van der Waals surface area contributed by atoms with Gasteiger partial charge in [0.15, 0.2) is 5.69 Å². The molecule has 0 aliphatic heterocycles. The van der Waals surface area contributed by atoms with E-state index >= 15 is 0 Å². The third-order valence-corrected chi connectivity index (χ3v) is 4.24. The number of carbonyl (C=O) groups is 1. The summed E-state index contributed by atoms with van der Waals surface area (Å²) in [6.45, 7) is 1.33. The number of aliphatic hydroxyl groups is 2. The third-order valence-electron chi connectivity index (χ3n) is 2.44. The molecule has 0 unspecified atom stereocenters. The predicted octanol–water partition coefficient (Wildman–Crippen LogP) is -1.56. The highest BCUT2D eigenvalue weighted by Gasteiger charge is 2.34. The van der Waals surface area contributed by atoms with Crippen molar-refractivity contribution in [2.45, 2.75) is 24.3 Å². The lowest BCUT2D eigenvalue weighted by Crippen LogP contribution is -2.51. The first kappa shape index (κ1) is 15.6. The van der Waals surface area contributed by atoms with Crippen LogP contribution < -0.4 is 4.72 Å². The summed E-state index contributed by atoms with van der Waals surface area (Å²) in [6.07, 6.45) is 0. The second-order valence-electron chi connectivity index (χ2n) is 4.31. The summed E-state index contributed by atoms with van der Waals surface area (Å²) < 4.78 is 26.3. The molecule has 1 rings (SSSR count). The van der Waals surface area contributed by atoms with E-state index in [9.17, 15) is 13.2 Å². The third kappa shape index (κ3) is 3.10. The van der Waals surface area contributed by atoms with Crippen LogP contribution in [0.4, 0.5) is 0 Å². The van der Waals surface area contributed by atoms with Crippen LogP contribution in [-0.2, 0) is 10.0 Å². The minimum Gasteiger partial charge on any atom is -0.476 e. The quantitative estimate of drug-likeness (QED) is 0.425. The topological polar surface area (TPSA) is 153 Å². The van der Waals surface area contributed by atoms with Crippen molar-refractivity contribution < 1.29 is 28.5 Å². The van der Waals surface area contributed by atoms with Gasteiger partial charge in [0.2, 0.25) is 10.0 Å². The fourth-order valence-electron chi connectivity index (χ4n) is 1.38. The van der Waals surface area contributed by atoms with Crippen LogP contribution in [0.3, 0.4) is 0 Å². The van der Waals surface area contributed by atoms with Gasteiger partial charge in [-0.25, -0.2) is 17.9 Å². The van der Waals surface area contributed by atoms with Crippen molar-refractivity contribution >= 4 is 16.0 Å². The molecule has 0 aliphatic carbocycles. The summed E-state index contributed by atoms with van der Waals surface area (Å²) in [7, 11) is -4.25. The number of sulfonamides is 1. The number of aromatic amines is 1. The molecule has 9 nitrogen and oxygen atoms in total. The minimum absolute atomic E-state index is 0.0446. The van der Waals surface area contributed by atoms with E-state index in [1.165, 1.54) is 13.8 Å². The van der Waals surface area contributed by atoms with E-state index in [1.54, 1.807) is 0 Å². The van der Waals surface area contributed by atoms with Gasteiger partial charge in [-0.2, -0.15) is 5.10 Å². The smallest absolute Gasteiger partial charge is 0.357 e. The summed E-state index contributed by atoms with van der Waals surface area (Å²) in [5.74, 6) is -1.50. The molecule has 108 valence electrons. The highest BCUT2D eigenvalue weighted by molar-refractivity contribution is 7.89. The van der Waals surface area contributed by atoms with Gasteiger partial charge in [0.05, 0.1) is 24.4 Å². The minimum atomic E-state index is -4.25. The molecule has 0 saturated heterocycles. The molecule has 0 aromatic carbocycles. The molecular formula is C9H15N3O6S. The molecule has 0 aliphatic rings. The van der Waals surface area contributed by atoms with Crippen molar-refractivity contribution in [2.24, 2.45) is 0 Å². The monoisotopic (exact) mass is 293 g/mol. The number of aliphatic hydroxyl groups excluding tert-OH is 2. The van der Waals surface area contributed by atoms with Gasteiger partial charge in [-0.05, 0) is 13.8 Å². The molecule has 1 heterocycles. The lowest BCUT2D eigenvalue weighted by Gasteiger charge is -2.25. The molecular weight excluding hydrogens is 278 g/mol. The van der Waals surface area contributed by atoms with Crippen molar-refractivity contribution in [1.29, 1.82) is 0 Å². The summed E-state index contributed by atoms with van der Waals surface area (Å²) >= 11 is 0. The number of carboxylic acid groups (broad SMARTS) is 1.